The van der Waals surface area contributed by atoms with Gasteiger partial charge in [-0.15, -0.1) is 0 Å². The van der Waals surface area contributed by atoms with E-state index in [1.165, 1.54) is 12.1 Å². The van der Waals surface area contributed by atoms with E-state index in [4.69, 9.17) is 21.1 Å². The molecule has 34 heavy (non-hydrogen) atoms. The number of rotatable bonds is 13. The lowest BCUT2D eigenvalue weighted by Gasteiger charge is -2.27. The van der Waals surface area contributed by atoms with Gasteiger partial charge in [-0.05, 0) is 62.4 Å². The number of carbonyl (C=O) groups is 2. The molecule has 0 saturated carbocycles. The molecule has 2 atom stereocenters. The van der Waals surface area contributed by atoms with Gasteiger partial charge in [-0.2, -0.15) is 0 Å². The fraction of sp³-hybridized carbons (Fsp3) is 0.462. The van der Waals surface area contributed by atoms with Gasteiger partial charge in [0.2, 0.25) is 0 Å². The summed E-state index contributed by atoms with van der Waals surface area (Å²) in [5, 5.41) is 13.0. The Kier molecular flexibility index (Phi) is 10.8. The van der Waals surface area contributed by atoms with Crippen molar-refractivity contribution in [3.8, 4) is 11.1 Å². The Morgan fingerprint density at radius 2 is 1.88 bits per heavy atom. The molecule has 0 bridgehead atoms. The molecule has 2 aromatic carbocycles. The number of hydrogen-bond acceptors (Lipinski definition) is 4. The molecular weight excluding hydrogens is 461 g/mol. The Morgan fingerprint density at radius 3 is 2.50 bits per heavy atom. The summed E-state index contributed by atoms with van der Waals surface area (Å²) in [4.78, 5) is 24.3. The molecule has 2 rings (SSSR count). The SMILES string of the molecule is CCCCOC(=O)NC(CCC(C)(COCC)C(=O)O)c1ccc(-c2cc(Cl)ccc2F)cc1. The summed E-state index contributed by atoms with van der Waals surface area (Å²) >= 11 is 6.02. The predicted molar refractivity (Wildman–Crippen MR) is 130 cm³/mol. The molecule has 6 nitrogen and oxygen atoms in total. The summed E-state index contributed by atoms with van der Waals surface area (Å²) in [6.45, 7) is 6.23. The molecule has 2 aromatic rings. The van der Waals surface area contributed by atoms with Gasteiger partial charge >= 0.3 is 12.1 Å². The van der Waals surface area contributed by atoms with Crippen LogP contribution in [0.25, 0.3) is 11.1 Å². The molecule has 0 aromatic heterocycles. The Bertz CT molecular complexity index is 953. The van der Waals surface area contributed by atoms with Crippen LogP contribution in [0.4, 0.5) is 9.18 Å². The molecule has 0 saturated heterocycles. The lowest BCUT2D eigenvalue weighted by Crippen LogP contribution is -2.35. The van der Waals surface area contributed by atoms with Crippen molar-refractivity contribution in [1.82, 2.24) is 5.32 Å². The number of carboxylic acid groups (broad SMARTS) is 1. The molecule has 0 radical (unpaired) electrons. The second-order valence-corrected chi connectivity index (χ2v) is 8.91. The van der Waals surface area contributed by atoms with Crippen LogP contribution in [0.3, 0.4) is 0 Å². The van der Waals surface area contributed by atoms with Crippen molar-refractivity contribution >= 4 is 23.7 Å². The summed E-state index contributed by atoms with van der Waals surface area (Å²) in [6, 6.07) is 10.9. The van der Waals surface area contributed by atoms with Crippen LogP contribution in [0, 0.1) is 11.2 Å². The van der Waals surface area contributed by atoms with E-state index in [1.54, 1.807) is 37.3 Å². The second-order valence-electron chi connectivity index (χ2n) is 8.47. The first-order valence-electron chi connectivity index (χ1n) is 11.5. The van der Waals surface area contributed by atoms with E-state index in [1.807, 2.05) is 13.8 Å². The number of unbranched alkanes of at least 4 members (excludes halogenated alkanes) is 1. The third kappa shape index (κ3) is 7.99. The molecule has 0 aliphatic rings. The number of ether oxygens (including phenoxy) is 2. The zero-order valence-electron chi connectivity index (χ0n) is 19.9. The Morgan fingerprint density at radius 1 is 1.18 bits per heavy atom. The number of alkyl carbamates (subject to hydrolysis) is 1. The summed E-state index contributed by atoms with van der Waals surface area (Å²) in [5.41, 5.74) is 0.659. The molecule has 0 aliphatic heterocycles. The molecule has 2 N–H and O–H groups in total. The monoisotopic (exact) mass is 493 g/mol. The van der Waals surface area contributed by atoms with Gasteiger partial charge in [-0.1, -0.05) is 49.2 Å². The van der Waals surface area contributed by atoms with Gasteiger partial charge in [-0.3, -0.25) is 4.79 Å². The van der Waals surface area contributed by atoms with Gasteiger partial charge in [0.05, 0.1) is 24.7 Å². The van der Waals surface area contributed by atoms with Crippen LogP contribution in [0.5, 0.6) is 0 Å². The number of nitrogens with one attached hydrogen (secondary N) is 1. The quantitative estimate of drug-likeness (QED) is 0.306. The van der Waals surface area contributed by atoms with E-state index in [2.05, 4.69) is 5.32 Å². The fourth-order valence-electron chi connectivity index (χ4n) is 3.46. The van der Waals surface area contributed by atoms with Crippen molar-refractivity contribution in [2.45, 2.75) is 52.5 Å². The fourth-order valence-corrected chi connectivity index (χ4v) is 3.63. The number of carbonyl (C=O) groups excluding carboxylic acids is 1. The largest absolute Gasteiger partial charge is 0.481 e. The molecule has 1 amide bonds. The van der Waals surface area contributed by atoms with Crippen LogP contribution in [0.15, 0.2) is 42.5 Å². The van der Waals surface area contributed by atoms with E-state index in [9.17, 15) is 19.1 Å². The van der Waals surface area contributed by atoms with Crippen molar-refractivity contribution in [3.63, 3.8) is 0 Å². The van der Waals surface area contributed by atoms with Crippen LogP contribution in [0.1, 0.15) is 58.1 Å². The van der Waals surface area contributed by atoms with Crippen LogP contribution in [-0.2, 0) is 14.3 Å². The van der Waals surface area contributed by atoms with Crippen LogP contribution >= 0.6 is 11.6 Å². The minimum atomic E-state index is -1.11. The normalized spacial score (nSPS) is 13.7. The summed E-state index contributed by atoms with van der Waals surface area (Å²) in [7, 11) is 0. The summed E-state index contributed by atoms with van der Waals surface area (Å²) in [5.74, 6) is -1.35. The Balaban J connectivity index is 2.24. The first-order chi connectivity index (χ1) is 16.2. The van der Waals surface area contributed by atoms with Gasteiger partial charge in [0, 0.05) is 17.2 Å². The van der Waals surface area contributed by atoms with Crippen molar-refractivity contribution < 1.29 is 28.6 Å². The molecule has 186 valence electrons. The van der Waals surface area contributed by atoms with Crippen LogP contribution < -0.4 is 5.32 Å². The highest BCUT2D eigenvalue weighted by molar-refractivity contribution is 6.30. The highest BCUT2D eigenvalue weighted by atomic mass is 35.5. The van der Waals surface area contributed by atoms with Crippen molar-refractivity contribution in [2.24, 2.45) is 5.41 Å². The molecule has 0 spiro atoms. The second kappa shape index (κ2) is 13.3. The van der Waals surface area contributed by atoms with Crippen LogP contribution in [-0.4, -0.2) is 37.0 Å². The van der Waals surface area contributed by atoms with Gasteiger partial charge in [0.25, 0.3) is 0 Å². The maximum Gasteiger partial charge on any atom is 0.407 e. The van der Waals surface area contributed by atoms with Gasteiger partial charge in [0.1, 0.15) is 5.82 Å². The zero-order valence-corrected chi connectivity index (χ0v) is 20.7. The average molecular weight is 494 g/mol. The highest BCUT2D eigenvalue weighted by Gasteiger charge is 2.34. The maximum atomic E-state index is 14.3. The number of carboxylic acids is 1. The minimum absolute atomic E-state index is 0.0689. The van der Waals surface area contributed by atoms with E-state index in [0.717, 1.165) is 18.4 Å². The summed E-state index contributed by atoms with van der Waals surface area (Å²) < 4.78 is 24.9. The van der Waals surface area contributed by atoms with Gasteiger partial charge in [-0.25, -0.2) is 9.18 Å². The average Bonchev–Trinajstić information content (AvgIpc) is 2.82. The molecular formula is C26H33ClFNO5. The Hall–Kier alpha value is -2.64. The highest BCUT2D eigenvalue weighted by Crippen LogP contribution is 2.32. The first kappa shape index (κ1) is 27.6. The summed E-state index contributed by atoms with van der Waals surface area (Å²) in [6.07, 6.45) is 1.71. The molecule has 0 aliphatic carbocycles. The maximum absolute atomic E-state index is 14.3. The molecule has 0 heterocycles. The van der Waals surface area contributed by atoms with Crippen molar-refractivity contribution in [1.29, 1.82) is 0 Å². The van der Waals surface area contributed by atoms with E-state index in [0.29, 0.717) is 35.8 Å². The lowest BCUT2D eigenvalue weighted by atomic mass is 9.83. The third-order valence-corrected chi connectivity index (χ3v) is 5.94. The number of benzene rings is 2. The predicted octanol–water partition coefficient (Wildman–Crippen LogP) is 6.62. The topological polar surface area (TPSA) is 84.9 Å². The van der Waals surface area contributed by atoms with E-state index >= 15 is 0 Å². The standard InChI is InChI=1S/C26H33ClFNO5/c1-4-6-15-34-25(32)29-23(13-14-26(3,24(30)31)17-33-5-2)19-9-7-18(8-10-19)21-16-20(27)11-12-22(21)28/h7-12,16,23H,4-6,13-15,17H2,1-3H3,(H,29,32)(H,30,31). The van der Waals surface area contributed by atoms with E-state index in [-0.39, 0.29) is 18.8 Å². The zero-order chi connectivity index (χ0) is 25.1. The number of aliphatic carboxylic acids is 1. The van der Waals surface area contributed by atoms with Crippen molar-refractivity contribution in [3.05, 3.63) is 58.9 Å². The minimum Gasteiger partial charge on any atom is -0.481 e. The first-order valence-corrected chi connectivity index (χ1v) is 11.9. The number of amides is 1. The molecule has 0 fully saturated rings. The number of hydrogen-bond donors (Lipinski definition) is 2. The van der Waals surface area contributed by atoms with E-state index < -0.39 is 23.5 Å². The van der Waals surface area contributed by atoms with Crippen LogP contribution in [0.2, 0.25) is 5.02 Å². The third-order valence-electron chi connectivity index (χ3n) is 5.70. The lowest BCUT2D eigenvalue weighted by molar-refractivity contribution is -0.152. The molecule has 8 heteroatoms. The molecule has 2 unspecified atom stereocenters. The Labute approximate surface area is 205 Å². The smallest absolute Gasteiger partial charge is 0.407 e. The van der Waals surface area contributed by atoms with Crippen molar-refractivity contribution in [2.75, 3.05) is 19.8 Å². The van der Waals surface area contributed by atoms with Gasteiger partial charge < -0.3 is 19.9 Å². The number of halogens is 2. The van der Waals surface area contributed by atoms with Gasteiger partial charge in [0.15, 0.2) is 0 Å².